The van der Waals surface area contributed by atoms with E-state index in [1.165, 1.54) is 25.7 Å². The van der Waals surface area contributed by atoms with Gasteiger partial charge in [0.2, 0.25) is 5.91 Å². The van der Waals surface area contributed by atoms with E-state index in [0.29, 0.717) is 17.8 Å². The van der Waals surface area contributed by atoms with Crippen molar-refractivity contribution in [2.75, 3.05) is 6.61 Å². The Bertz CT molecular complexity index is 333. The van der Waals surface area contributed by atoms with Crippen LogP contribution in [0.15, 0.2) is 0 Å². The average Bonchev–Trinajstić information content (AvgIpc) is 2.84. The summed E-state index contributed by atoms with van der Waals surface area (Å²) in [5.41, 5.74) is -0.314. The summed E-state index contributed by atoms with van der Waals surface area (Å²) >= 11 is 0. The van der Waals surface area contributed by atoms with Crippen LogP contribution in [0, 0.1) is 23.7 Å². The van der Waals surface area contributed by atoms with E-state index in [2.05, 4.69) is 12.2 Å². The number of amides is 1. The molecular weight excluding hydrogens is 226 g/mol. The first-order valence-electron chi connectivity index (χ1n) is 7.58. The molecule has 0 heterocycles. The van der Waals surface area contributed by atoms with Crippen LogP contribution >= 0.6 is 0 Å². The van der Waals surface area contributed by atoms with Crippen molar-refractivity contribution in [3.63, 3.8) is 0 Å². The summed E-state index contributed by atoms with van der Waals surface area (Å²) in [6.07, 6.45) is 8.03. The molecule has 0 aromatic rings. The molecule has 3 nitrogen and oxygen atoms in total. The molecule has 0 aromatic heterocycles. The van der Waals surface area contributed by atoms with Crippen molar-refractivity contribution in [1.82, 2.24) is 5.32 Å². The Morgan fingerprint density at radius 2 is 2.00 bits per heavy atom. The fraction of sp³-hybridized carbons (Fsp3) is 0.933. The summed E-state index contributed by atoms with van der Waals surface area (Å²) in [5.74, 6) is 2.46. The molecule has 3 aliphatic rings. The third-order valence-corrected chi connectivity index (χ3v) is 5.49. The van der Waals surface area contributed by atoms with Crippen LogP contribution in [0.2, 0.25) is 0 Å². The summed E-state index contributed by atoms with van der Waals surface area (Å²) in [6, 6.07) is 0. The Morgan fingerprint density at radius 1 is 1.28 bits per heavy atom. The van der Waals surface area contributed by atoms with Gasteiger partial charge in [-0.3, -0.25) is 4.79 Å². The Labute approximate surface area is 109 Å². The van der Waals surface area contributed by atoms with Crippen LogP contribution in [-0.4, -0.2) is 23.2 Å². The fourth-order valence-corrected chi connectivity index (χ4v) is 4.51. The van der Waals surface area contributed by atoms with Gasteiger partial charge in [-0.1, -0.05) is 26.2 Å². The first-order valence-corrected chi connectivity index (χ1v) is 7.58. The van der Waals surface area contributed by atoms with Crippen molar-refractivity contribution < 1.29 is 9.90 Å². The maximum absolute atomic E-state index is 12.3. The molecule has 4 unspecified atom stereocenters. The first-order chi connectivity index (χ1) is 8.65. The molecule has 3 saturated carbocycles. The van der Waals surface area contributed by atoms with Gasteiger partial charge in [-0.05, 0) is 43.4 Å². The Hall–Kier alpha value is -0.570. The molecule has 0 saturated heterocycles. The number of carbonyl (C=O) groups is 1. The van der Waals surface area contributed by atoms with Crippen molar-refractivity contribution >= 4 is 5.91 Å². The van der Waals surface area contributed by atoms with Crippen molar-refractivity contribution in [3.05, 3.63) is 0 Å². The van der Waals surface area contributed by atoms with Gasteiger partial charge in [-0.25, -0.2) is 0 Å². The molecule has 3 rings (SSSR count). The second-order valence-corrected chi connectivity index (χ2v) is 6.91. The topological polar surface area (TPSA) is 49.3 Å². The van der Waals surface area contributed by atoms with Crippen LogP contribution in [0.1, 0.15) is 51.9 Å². The number of hydrogen-bond donors (Lipinski definition) is 2. The molecule has 0 spiro atoms. The van der Waals surface area contributed by atoms with E-state index in [1.807, 2.05) is 0 Å². The van der Waals surface area contributed by atoms with E-state index in [0.717, 1.165) is 19.3 Å². The third-order valence-electron chi connectivity index (χ3n) is 5.49. The molecule has 4 atom stereocenters. The predicted molar refractivity (Wildman–Crippen MR) is 69.9 cm³/mol. The molecule has 0 bridgehead atoms. The number of hydrogen-bond acceptors (Lipinski definition) is 2. The van der Waals surface area contributed by atoms with Crippen LogP contribution in [0.25, 0.3) is 0 Å². The van der Waals surface area contributed by atoms with Gasteiger partial charge >= 0.3 is 0 Å². The summed E-state index contributed by atoms with van der Waals surface area (Å²) in [4.78, 5) is 12.3. The second-order valence-electron chi connectivity index (χ2n) is 6.91. The van der Waals surface area contributed by atoms with Gasteiger partial charge < -0.3 is 10.4 Å². The lowest BCUT2D eigenvalue weighted by molar-refractivity contribution is -0.126. The summed E-state index contributed by atoms with van der Waals surface area (Å²) in [7, 11) is 0. The number of nitrogens with one attached hydrogen (secondary N) is 1. The van der Waals surface area contributed by atoms with Gasteiger partial charge in [0.15, 0.2) is 0 Å². The quantitative estimate of drug-likeness (QED) is 0.807. The number of aliphatic hydroxyl groups is 1. The third kappa shape index (κ3) is 2.07. The minimum Gasteiger partial charge on any atom is -0.394 e. The standard InChI is InChI=1S/C15H25NO2/c1-10-4-3-7-15(8-10,9-17)16-14(18)13-11-5-2-6-12(11)13/h10-13,17H,2-9H2,1H3,(H,16,18). The molecule has 1 amide bonds. The molecule has 3 fully saturated rings. The van der Waals surface area contributed by atoms with E-state index in [-0.39, 0.29) is 24.0 Å². The van der Waals surface area contributed by atoms with E-state index in [4.69, 9.17) is 0 Å². The summed E-state index contributed by atoms with van der Waals surface area (Å²) in [6.45, 7) is 2.33. The van der Waals surface area contributed by atoms with E-state index < -0.39 is 0 Å². The normalized spacial score (nSPS) is 46.6. The first kappa shape index (κ1) is 12.5. The number of rotatable bonds is 3. The second kappa shape index (κ2) is 4.52. The number of fused-ring (bicyclic) bond motifs is 1. The molecule has 102 valence electrons. The number of aliphatic hydroxyl groups excluding tert-OH is 1. The van der Waals surface area contributed by atoms with E-state index in [9.17, 15) is 9.90 Å². The van der Waals surface area contributed by atoms with Crippen LogP contribution in [0.5, 0.6) is 0 Å². The van der Waals surface area contributed by atoms with Crippen molar-refractivity contribution in [2.24, 2.45) is 23.7 Å². The van der Waals surface area contributed by atoms with Gasteiger partial charge in [0.25, 0.3) is 0 Å². The fourth-order valence-electron chi connectivity index (χ4n) is 4.51. The van der Waals surface area contributed by atoms with Gasteiger partial charge in [0, 0.05) is 5.92 Å². The smallest absolute Gasteiger partial charge is 0.224 e. The highest BCUT2D eigenvalue weighted by molar-refractivity contribution is 5.83. The Balaban J connectivity index is 1.61. The lowest BCUT2D eigenvalue weighted by atomic mass is 9.76. The molecule has 0 radical (unpaired) electrons. The Morgan fingerprint density at radius 3 is 2.61 bits per heavy atom. The summed E-state index contributed by atoms with van der Waals surface area (Å²) < 4.78 is 0. The van der Waals surface area contributed by atoms with Crippen LogP contribution < -0.4 is 5.32 Å². The summed E-state index contributed by atoms with van der Waals surface area (Å²) in [5, 5.41) is 12.9. The molecular formula is C15H25NO2. The SMILES string of the molecule is CC1CCCC(CO)(NC(=O)C2C3CCCC32)C1. The monoisotopic (exact) mass is 251 g/mol. The van der Waals surface area contributed by atoms with Crippen molar-refractivity contribution in [3.8, 4) is 0 Å². The Kier molecular flexibility index (Phi) is 3.13. The van der Waals surface area contributed by atoms with Crippen molar-refractivity contribution in [1.29, 1.82) is 0 Å². The molecule has 18 heavy (non-hydrogen) atoms. The average molecular weight is 251 g/mol. The minimum atomic E-state index is -0.314. The lowest BCUT2D eigenvalue weighted by Crippen LogP contribution is -2.54. The molecule has 3 aliphatic carbocycles. The predicted octanol–water partition coefficient (Wildman–Crippen LogP) is 2.09. The maximum atomic E-state index is 12.3. The zero-order chi connectivity index (χ0) is 12.8. The maximum Gasteiger partial charge on any atom is 0.224 e. The largest absolute Gasteiger partial charge is 0.394 e. The minimum absolute atomic E-state index is 0.102. The molecule has 0 aliphatic heterocycles. The lowest BCUT2D eigenvalue weighted by Gasteiger charge is -2.39. The van der Waals surface area contributed by atoms with E-state index >= 15 is 0 Å². The van der Waals surface area contributed by atoms with Crippen LogP contribution in [0.4, 0.5) is 0 Å². The highest BCUT2D eigenvalue weighted by Crippen LogP contribution is 2.57. The zero-order valence-corrected chi connectivity index (χ0v) is 11.3. The molecule has 2 N–H and O–H groups in total. The van der Waals surface area contributed by atoms with Gasteiger partial charge in [0.1, 0.15) is 0 Å². The van der Waals surface area contributed by atoms with E-state index in [1.54, 1.807) is 0 Å². The van der Waals surface area contributed by atoms with Gasteiger partial charge in [-0.15, -0.1) is 0 Å². The molecule has 0 aromatic carbocycles. The van der Waals surface area contributed by atoms with Crippen LogP contribution in [-0.2, 0) is 4.79 Å². The van der Waals surface area contributed by atoms with Gasteiger partial charge in [-0.2, -0.15) is 0 Å². The number of carbonyl (C=O) groups excluding carboxylic acids is 1. The van der Waals surface area contributed by atoms with Gasteiger partial charge in [0.05, 0.1) is 12.1 Å². The highest BCUT2D eigenvalue weighted by Gasteiger charge is 2.57. The highest BCUT2D eigenvalue weighted by atomic mass is 16.3. The van der Waals surface area contributed by atoms with Crippen molar-refractivity contribution in [2.45, 2.75) is 57.4 Å². The van der Waals surface area contributed by atoms with Crippen LogP contribution in [0.3, 0.4) is 0 Å². The zero-order valence-electron chi connectivity index (χ0n) is 11.3. The molecule has 3 heteroatoms.